The van der Waals surface area contributed by atoms with Crippen LogP contribution in [0.3, 0.4) is 0 Å². The number of carbonyl (C=O) groups is 1. The van der Waals surface area contributed by atoms with Gasteiger partial charge in [-0.05, 0) is 37.9 Å². The van der Waals surface area contributed by atoms with Crippen LogP contribution in [0.4, 0.5) is 0 Å². The highest BCUT2D eigenvalue weighted by atomic mass is 79.9. The molecular weight excluding hydrogens is 344 g/mol. The number of phenols is 1. The molecule has 0 aromatic heterocycles. The average molecular weight is 363 g/mol. The third kappa shape index (κ3) is 4.08. The van der Waals surface area contributed by atoms with Gasteiger partial charge in [-0.3, -0.25) is 4.79 Å². The van der Waals surface area contributed by atoms with Gasteiger partial charge in [0, 0.05) is 11.0 Å². The molecule has 22 heavy (non-hydrogen) atoms. The van der Waals surface area contributed by atoms with Crippen molar-refractivity contribution in [3.05, 3.63) is 64.1 Å². The van der Waals surface area contributed by atoms with Crippen LogP contribution in [0.5, 0.6) is 5.75 Å². The highest BCUT2D eigenvalue weighted by Gasteiger charge is 2.17. The lowest BCUT2D eigenvalue weighted by atomic mass is 10.1. The highest BCUT2D eigenvalue weighted by Crippen LogP contribution is 2.22. The first-order valence-electron chi connectivity index (χ1n) is 6.97. The van der Waals surface area contributed by atoms with Crippen molar-refractivity contribution in [2.75, 3.05) is 20.6 Å². The molecule has 0 spiro atoms. The van der Waals surface area contributed by atoms with Gasteiger partial charge in [0.05, 0.1) is 11.6 Å². The first-order valence-corrected chi connectivity index (χ1v) is 7.76. The number of aromatic hydroxyl groups is 1. The summed E-state index contributed by atoms with van der Waals surface area (Å²) in [6.45, 7) is 0.460. The van der Waals surface area contributed by atoms with E-state index in [1.54, 1.807) is 12.1 Å². The minimum absolute atomic E-state index is 0.0261. The van der Waals surface area contributed by atoms with Gasteiger partial charge in [-0.1, -0.05) is 46.3 Å². The molecule has 1 amide bonds. The van der Waals surface area contributed by atoms with Gasteiger partial charge in [-0.2, -0.15) is 0 Å². The smallest absolute Gasteiger partial charge is 0.255 e. The molecule has 2 N–H and O–H groups in total. The Balaban J connectivity index is 2.10. The largest absolute Gasteiger partial charge is 0.507 e. The van der Waals surface area contributed by atoms with E-state index in [-0.39, 0.29) is 23.3 Å². The summed E-state index contributed by atoms with van der Waals surface area (Å²) in [6, 6.07) is 14.9. The molecule has 2 aromatic carbocycles. The van der Waals surface area contributed by atoms with E-state index >= 15 is 0 Å². The highest BCUT2D eigenvalue weighted by molar-refractivity contribution is 9.10. The van der Waals surface area contributed by atoms with Crippen molar-refractivity contribution in [1.29, 1.82) is 0 Å². The van der Waals surface area contributed by atoms with Gasteiger partial charge in [0.25, 0.3) is 5.91 Å². The lowest BCUT2D eigenvalue weighted by Gasteiger charge is -2.25. The minimum atomic E-state index is -0.290. The normalized spacial score (nSPS) is 12.2. The molecule has 0 radical (unpaired) electrons. The van der Waals surface area contributed by atoms with Crippen LogP contribution in [-0.4, -0.2) is 36.6 Å². The quantitative estimate of drug-likeness (QED) is 0.858. The van der Waals surface area contributed by atoms with Crippen molar-refractivity contribution < 1.29 is 9.90 Å². The predicted molar refractivity (Wildman–Crippen MR) is 91.0 cm³/mol. The Morgan fingerprint density at radius 2 is 1.91 bits per heavy atom. The Labute approximate surface area is 138 Å². The van der Waals surface area contributed by atoms with E-state index in [0.717, 1.165) is 10.0 Å². The molecule has 2 rings (SSSR count). The summed E-state index contributed by atoms with van der Waals surface area (Å²) in [5.41, 5.74) is 1.39. The van der Waals surface area contributed by atoms with Gasteiger partial charge in [-0.25, -0.2) is 0 Å². The molecule has 0 saturated carbocycles. The number of benzene rings is 2. The topological polar surface area (TPSA) is 52.6 Å². The van der Waals surface area contributed by atoms with Crippen molar-refractivity contribution in [2.45, 2.75) is 6.04 Å². The lowest BCUT2D eigenvalue weighted by molar-refractivity contribution is 0.0939. The molecule has 0 aliphatic carbocycles. The van der Waals surface area contributed by atoms with E-state index in [0.29, 0.717) is 6.54 Å². The van der Waals surface area contributed by atoms with Gasteiger partial charge in [0.15, 0.2) is 0 Å². The number of halogens is 1. The van der Waals surface area contributed by atoms with Gasteiger partial charge in [0.1, 0.15) is 5.75 Å². The molecular formula is C17H19BrN2O2. The van der Waals surface area contributed by atoms with E-state index in [9.17, 15) is 9.90 Å². The maximum atomic E-state index is 12.3. The monoisotopic (exact) mass is 362 g/mol. The third-order valence-corrected chi connectivity index (χ3v) is 3.96. The summed E-state index contributed by atoms with van der Waals surface area (Å²) in [4.78, 5) is 14.3. The van der Waals surface area contributed by atoms with E-state index in [1.165, 1.54) is 6.07 Å². The van der Waals surface area contributed by atoms with Crippen LogP contribution < -0.4 is 5.32 Å². The maximum Gasteiger partial charge on any atom is 0.255 e. The molecule has 1 atom stereocenters. The van der Waals surface area contributed by atoms with Crippen molar-refractivity contribution in [2.24, 2.45) is 0 Å². The molecule has 4 nitrogen and oxygen atoms in total. The first-order chi connectivity index (χ1) is 10.5. The summed E-state index contributed by atoms with van der Waals surface area (Å²) in [5, 5.41) is 12.7. The average Bonchev–Trinajstić information content (AvgIpc) is 2.50. The Kier molecular flexibility index (Phi) is 5.57. The summed E-state index contributed by atoms with van der Waals surface area (Å²) >= 11 is 3.31. The van der Waals surface area contributed by atoms with Gasteiger partial charge in [0.2, 0.25) is 0 Å². The zero-order chi connectivity index (χ0) is 16.1. The number of amides is 1. The number of nitrogens with zero attached hydrogens (tertiary/aromatic N) is 1. The zero-order valence-corrected chi connectivity index (χ0v) is 14.2. The van der Waals surface area contributed by atoms with E-state index in [1.807, 2.05) is 44.4 Å². The maximum absolute atomic E-state index is 12.3. The molecule has 0 aliphatic rings. The Morgan fingerprint density at radius 3 is 2.55 bits per heavy atom. The Hall–Kier alpha value is -1.85. The van der Waals surface area contributed by atoms with Gasteiger partial charge in [-0.15, -0.1) is 0 Å². The summed E-state index contributed by atoms with van der Waals surface area (Å²) in [6.07, 6.45) is 0. The van der Waals surface area contributed by atoms with Crippen molar-refractivity contribution in [3.8, 4) is 5.75 Å². The second-order valence-corrected chi connectivity index (χ2v) is 6.18. The fraction of sp³-hybridized carbons (Fsp3) is 0.235. The summed E-state index contributed by atoms with van der Waals surface area (Å²) in [5.74, 6) is -0.316. The molecule has 0 unspecified atom stereocenters. The number of hydrogen-bond donors (Lipinski definition) is 2. The molecule has 0 saturated heterocycles. The van der Waals surface area contributed by atoms with Crippen LogP contribution >= 0.6 is 15.9 Å². The van der Waals surface area contributed by atoms with Gasteiger partial charge >= 0.3 is 0 Å². The van der Waals surface area contributed by atoms with Crippen molar-refractivity contribution in [1.82, 2.24) is 10.2 Å². The molecule has 2 aromatic rings. The zero-order valence-electron chi connectivity index (χ0n) is 12.6. The number of hydrogen-bond acceptors (Lipinski definition) is 3. The molecule has 0 bridgehead atoms. The lowest BCUT2D eigenvalue weighted by Crippen LogP contribution is -2.34. The number of nitrogens with one attached hydrogen (secondary N) is 1. The number of phenolic OH excluding ortho intramolecular Hbond substituents is 1. The van der Waals surface area contributed by atoms with Crippen molar-refractivity contribution in [3.63, 3.8) is 0 Å². The SMILES string of the molecule is CN(C)[C@@H](CNC(=O)c1cc(Br)ccc1O)c1ccccc1. The third-order valence-electron chi connectivity index (χ3n) is 3.47. The Bertz CT molecular complexity index is 644. The van der Waals surface area contributed by atoms with Crippen LogP contribution in [0.15, 0.2) is 53.0 Å². The fourth-order valence-corrected chi connectivity index (χ4v) is 2.61. The van der Waals surface area contributed by atoms with Crippen LogP contribution in [0.25, 0.3) is 0 Å². The van der Waals surface area contributed by atoms with Crippen molar-refractivity contribution >= 4 is 21.8 Å². The summed E-state index contributed by atoms with van der Waals surface area (Å²) < 4.78 is 0.752. The fourth-order valence-electron chi connectivity index (χ4n) is 2.25. The Morgan fingerprint density at radius 1 is 1.23 bits per heavy atom. The molecule has 0 heterocycles. The molecule has 116 valence electrons. The minimum Gasteiger partial charge on any atom is -0.507 e. The second-order valence-electron chi connectivity index (χ2n) is 5.26. The standard InChI is InChI=1S/C17H19BrN2O2/c1-20(2)15(12-6-4-3-5-7-12)11-19-17(22)14-10-13(18)8-9-16(14)21/h3-10,15,21H,11H2,1-2H3,(H,19,22)/t15-/m0/s1. The first kappa shape index (κ1) is 16.5. The van der Waals surface area contributed by atoms with Crippen LogP contribution in [-0.2, 0) is 0 Å². The predicted octanol–water partition coefficient (Wildman–Crippen LogP) is 3.19. The van der Waals surface area contributed by atoms with Crippen LogP contribution in [0.1, 0.15) is 22.0 Å². The number of likely N-dealkylation sites (N-methyl/N-ethyl adjacent to an activating group) is 1. The van der Waals surface area contributed by atoms with E-state index in [4.69, 9.17) is 0 Å². The van der Waals surface area contributed by atoms with Crippen LogP contribution in [0.2, 0.25) is 0 Å². The van der Waals surface area contributed by atoms with E-state index in [2.05, 4.69) is 26.1 Å². The van der Waals surface area contributed by atoms with E-state index < -0.39 is 0 Å². The molecule has 0 fully saturated rings. The summed E-state index contributed by atoms with van der Waals surface area (Å²) in [7, 11) is 3.95. The molecule has 5 heteroatoms. The number of rotatable bonds is 5. The number of carbonyl (C=O) groups excluding carboxylic acids is 1. The second kappa shape index (κ2) is 7.42. The molecule has 0 aliphatic heterocycles. The van der Waals surface area contributed by atoms with Crippen LogP contribution in [0, 0.1) is 0 Å². The van der Waals surface area contributed by atoms with Gasteiger partial charge < -0.3 is 15.3 Å².